The van der Waals surface area contributed by atoms with Crippen LogP contribution in [0.5, 0.6) is 0 Å². The quantitative estimate of drug-likeness (QED) is 0.649. The smallest absolute Gasteiger partial charge is 0.411 e. The second kappa shape index (κ2) is 6.24. The summed E-state index contributed by atoms with van der Waals surface area (Å²) in [6, 6.07) is 4.70. The maximum absolute atomic E-state index is 11.3. The molecule has 2 N–H and O–H groups in total. The number of para-hydroxylation sites is 1. The van der Waals surface area contributed by atoms with Gasteiger partial charge in [0.25, 0.3) is 0 Å². The standard InChI is InChI=1S/C11H10INO4/c1-2-6-17-11(16)13-9-7(10(14)15)4-3-5-8(9)12/h2-5H,1,6H2,(H,13,16)(H,14,15). The minimum atomic E-state index is -1.11. The fourth-order valence-corrected chi connectivity index (χ4v) is 1.74. The van der Waals surface area contributed by atoms with Crippen LogP contribution >= 0.6 is 22.6 Å². The molecule has 1 aromatic rings. The van der Waals surface area contributed by atoms with Crippen molar-refractivity contribution in [1.29, 1.82) is 0 Å². The van der Waals surface area contributed by atoms with Gasteiger partial charge in [0.2, 0.25) is 0 Å². The second-order valence-corrected chi connectivity index (χ2v) is 4.14. The van der Waals surface area contributed by atoms with Gasteiger partial charge in [-0.25, -0.2) is 9.59 Å². The van der Waals surface area contributed by atoms with Gasteiger partial charge in [-0.15, -0.1) is 0 Å². The van der Waals surface area contributed by atoms with Crippen molar-refractivity contribution < 1.29 is 19.4 Å². The third-order valence-corrected chi connectivity index (χ3v) is 2.70. The molecule has 0 fully saturated rings. The van der Waals surface area contributed by atoms with Crippen LogP contribution in [0.2, 0.25) is 0 Å². The lowest BCUT2D eigenvalue weighted by Gasteiger charge is -2.10. The van der Waals surface area contributed by atoms with E-state index < -0.39 is 12.1 Å². The van der Waals surface area contributed by atoms with Crippen LogP contribution in [-0.2, 0) is 4.74 Å². The Bertz CT molecular complexity index is 459. The van der Waals surface area contributed by atoms with Gasteiger partial charge in [0.05, 0.1) is 11.3 Å². The summed E-state index contributed by atoms with van der Waals surface area (Å²) in [5.41, 5.74) is 0.252. The fraction of sp³-hybridized carbons (Fsp3) is 0.0909. The van der Waals surface area contributed by atoms with E-state index in [1.54, 1.807) is 12.1 Å². The van der Waals surface area contributed by atoms with Crippen LogP contribution in [0.15, 0.2) is 30.9 Å². The van der Waals surface area contributed by atoms with Gasteiger partial charge in [0.15, 0.2) is 0 Å². The molecule has 0 saturated heterocycles. The molecule has 1 rings (SSSR count). The Hall–Kier alpha value is -1.57. The number of benzene rings is 1. The molecule has 0 bridgehead atoms. The highest BCUT2D eigenvalue weighted by molar-refractivity contribution is 14.1. The number of carboxylic acid groups (broad SMARTS) is 1. The number of halogens is 1. The summed E-state index contributed by atoms with van der Waals surface area (Å²) in [6.45, 7) is 3.47. The Kier molecular flexibility index (Phi) is 4.95. The van der Waals surface area contributed by atoms with Gasteiger partial charge in [0.1, 0.15) is 6.61 Å². The van der Waals surface area contributed by atoms with E-state index in [-0.39, 0.29) is 17.9 Å². The summed E-state index contributed by atoms with van der Waals surface area (Å²) >= 11 is 1.94. The molecule has 0 atom stereocenters. The number of carboxylic acids is 1. The lowest BCUT2D eigenvalue weighted by atomic mass is 10.2. The minimum Gasteiger partial charge on any atom is -0.478 e. The zero-order valence-corrected chi connectivity index (χ0v) is 10.9. The van der Waals surface area contributed by atoms with E-state index in [1.807, 2.05) is 22.6 Å². The molecule has 0 radical (unpaired) electrons. The van der Waals surface area contributed by atoms with Gasteiger partial charge in [-0.1, -0.05) is 18.7 Å². The van der Waals surface area contributed by atoms with Crippen molar-refractivity contribution in [3.8, 4) is 0 Å². The maximum atomic E-state index is 11.3. The number of aromatic carboxylic acids is 1. The molecule has 0 aliphatic heterocycles. The molecular weight excluding hydrogens is 337 g/mol. The Labute approximate surface area is 112 Å². The van der Waals surface area contributed by atoms with E-state index in [0.717, 1.165) is 0 Å². The number of hydrogen-bond donors (Lipinski definition) is 2. The second-order valence-electron chi connectivity index (χ2n) is 2.98. The number of nitrogens with one attached hydrogen (secondary N) is 1. The molecular formula is C11H10INO4. The average molecular weight is 347 g/mol. The van der Waals surface area contributed by atoms with Gasteiger partial charge in [-0.2, -0.15) is 0 Å². The van der Waals surface area contributed by atoms with E-state index in [9.17, 15) is 9.59 Å². The first kappa shape index (κ1) is 13.5. The van der Waals surface area contributed by atoms with Crippen LogP contribution < -0.4 is 5.32 Å². The maximum Gasteiger partial charge on any atom is 0.411 e. The molecule has 0 aliphatic carbocycles. The van der Waals surface area contributed by atoms with Crippen LogP contribution in [0.3, 0.4) is 0 Å². The van der Waals surface area contributed by atoms with Crippen molar-refractivity contribution in [3.63, 3.8) is 0 Å². The van der Waals surface area contributed by atoms with Crippen molar-refractivity contribution >= 4 is 40.3 Å². The van der Waals surface area contributed by atoms with E-state index in [2.05, 4.69) is 11.9 Å². The summed E-state index contributed by atoms with van der Waals surface area (Å²) in [4.78, 5) is 22.3. The lowest BCUT2D eigenvalue weighted by Crippen LogP contribution is -2.17. The highest BCUT2D eigenvalue weighted by atomic mass is 127. The van der Waals surface area contributed by atoms with Crippen molar-refractivity contribution in [3.05, 3.63) is 40.0 Å². The molecule has 0 saturated carbocycles. The van der Waals surface area contributed by atoms with E-state index >= 15 is 0 Å². The highest BCUT2D eigenvalue weighted by Crippen LogP contribution is 2.23. The Morgan fingerprint density at radius 3 is 2.82 bits per heavy atom. The first-order valence-corrected chi connectivity index (χ1v) is 5.70. The molecule has 0 unspecified atom stereocenters. The number of carbonyl (C=O) groups excluding carboxylic acids is 1. The van der Waals surface area contributed by atoms with E-state index in [1.165, 1.54) is 12.1 Å². The van der Waals surface area contributed by atoms with Crippen LogP contribution in [-0.4, -0.2) is 23.8 Å². The summed E-state index contributed by atoms with van der Waals surface area (Å²) in [5, 5.41) is 11.4. The predicted octanol–water partition coefficient (Wildman–Crippen LogP) is 2.72. The molecule has 90 valence electrons. The van der Waals surface area contributed by atoms with Crippen LogP contribution in [0.25, 0.3) is 0 Å². The lowest BCUT2D eigenvalue weighted by molar-refractivity contribution is 0.0698. The summed E-state index contributed by atoms with van der Waals surface area (Å²) in [6.07, 6.45) is 0.713. The third-order valence-electron chi connectivity index (χ3n) is 1.80. The Morgan fingerprint density at radius 2 is 2.24 bits per heavy atom. The predicted molar refractivity (Wildman–Crippen MR) is 71.3 cm³/mol. The normalized spacial score (nSPS) is 9.47. The van der Waals surface area contributed by atoms with Crippen molar-refractivity contribution in [2.45, 2.75) is 0 Å². The topological polar surface area (TPSA) is 75.6 Å². The van der Waals surface area contributed by atoms with Crippen LogP contribution in [0.4, 0.5) is 10.5 Å². The fourth-order valence-electron chi connectivity index (χ4n) is 1.10. The minimum absolute atomic E-state index is 0.0208. The van der Waals surface area contributed by atoms with Gasteiger partial charge >= 0.3 is 12.1 Å². The van der Waals surface area contributed by atoms with Crippen molar-refractivity contribution in [1.82, 2.24) is 0 Å². The number of anilines is 1. The first-order valence-electron chi connectivity index (χ1n) is 4.62. The zero-order chi connectivity index (χ0) is 12.8. The monoisotopic (exact) mass is 347 g/mol. The number of rotatable bonds is 4. The highest BCUT2D eigenvalue weighted by Gasteiger charge is 2.15. The third kappa shape index (κ3) is 3.74. The molecule has 1 amide bonds. The molecule has 5 nitrogen and oxygen atoms in total. The summed E-state index contributed by atoms with van der Waals surface area (Å²) in [7, 11) is 0. The average Bonchev–Trinajstić information content (AvgIpc) is 2.28. The number of hydrogen-bond acceptors (Lipinski definition) is 3. The SMILES string of the molecule is C=CCOC(=O)Nc1c(I)cccc1C(=O)O. The van der Waals surface area contributed by atoms with Gasteiger partial charge in [-0.3, -0.25) is 5.32 Å². The molecule has 0 aliphatic rings. The molecule has 6 heteroatoms. The van der Waals surface area contributed by atoms with E-state index in [4.69, 9.17) is 9.84 Å². The number of amides is 1. The van der Waals surface area contributed by atoms with Crippen molar-refractivity contribution in [2.24, 2.45) is 0 Å². The van der Waals surface area contributed by atoms with E-state index in [0.29, 0.717) is 3.57 Å². The van der Waals surface area contributed by atoms with Crippen LogP contribution in [0.1, 0.15) is 10.4 Å². The molecule has 0 heterocycles. The van der Waals surface area contributed by atoms with Gasteiger partial charge in [-0.05, 0) is 34.7 Å². The zero-order valence-electron chi connectivity index (χ0n) is 8.77. The molecule has 0 aromatic heterocycles. The first-order chi connectivity index (χ1) is 8.06. The molecule has 1 aromatic carbocycles. The summed E-state index contributed by atoms with van der Waals surface area (Å²) < 4.78 is 5.34. The largest absolute Gasteiger partial charge is 0.478 e. The Morgan fingerprint density at radius 1 is 1.53 bits per heavy atom. The number of ether oxygens (including phenoxy) is 1. The summed E-state index contributed by atoms with van der Waals surface area (Å²) in [5.74, 6) is -1.11. The molecule has 17 heavy (non-hydrogen) atoms. The van der Waals surface area contributed by atoms with Crippen LogP contribution in [0, 0.1) is 3.57 Å². The Balaban J connectivity index is 2.92. The number of carbonyl (C=O) groups is 2. The van der Waals surface area contributed by atoms with Crippen molar-refractivity contribution in [2.75, 3.05) is 11.9 Å². The van der Waals surface area contributed by atoms with Gasteiger partial charge in [0, 0.05) is 3.57 Å². The molecule has 0 spiro atoms. The van der Waals surface area contributed by atoms with Gasteiger partial charge < -0.3 is 9.84 Å².